The van der Waals surface area contributed by atoms with Crippen LogP contribution in [0.3, 0.4) is 0 Å². The number of ether oxygens (including phenoxy) is 1. The lowest BCUT2D eigenvalue weighted by atomic mass is 10.2. The maximum Gasteiger partial charge on any atom is 0.255 e. The van der Waals surface area contributed by atoms with Gasteiger partial charge in [0.15, 0.2) is 0 Å². The SMILES string of the molecule is COc1ccc(Cl)cc1C(=O)NCc1cc(C)n(C)n1. The Bertz CT molecular complexity index is 618. The first kappa shape index (κ1) is 14.4. The van der Waals surface area contributed by atoms with Gasteiger partial charge < -0.3 is 10.1 Å². The molecule has 0 fully saturated rings. The molecule has 0 spiro atoms. The van der Waals surface area contributed by atoms with Gasteiger partial charge >= 0.3 is 0 Å². The number of aromatic nitrogens is 2. The second-order valence-corrected chi connectivity index (χ2v) is 4.86. The molecule has 20 heavy (non-hydrogen) atoms. The van der Waals surface area contributed by atoms with E-state index in [0.717, 1.165) is 11.4 Å². The summed E-state index contributed by atoms with van der Waals surface area (Å²) >= 11 is 5.91. The molecule has 106 valence electrons. The first-order valence-corrected chi connectivity index (χ1v) is 6.50. The molecule has 1 amide bonds. The number of rotatable bonds is 4. The van der Waals surface area contributed by atoms with Crippen LogP contribution in [0.15, 0.2) is 24.3 Å². The van der Waals surface area contributed by atoms with Crippen molar-refractivity contribution in [1.29, 1.82) is 0 Å². The van der Waals surface area contributed by atoms with E-state index >= 15 is 0 Å². The molecule has 0 aliphatic heterocycles. The molecule has 0 atom stereocenters. The minimum Gasteiger partial charge on any atom is -0.496 e. The Morgan fingerprint density at radius 1 is 1.45 bits per heavy atom. The highest BCUT2D eigenvalue weighted by Crippen LogP contribution is 2.22. The van der Waals surface area contributed by atoms with Crippen molar-refractivity contribution in [3.05, 3.63) is 46.2 Å². The maximum atomic E-state index is 12.2. The van der Waals surface area contributed by atoms with Crippen LogP contribution in [-0.2, 0) is 13.6 Å². The van der Waals surface area contributed by atoms with Gasteiger partial charge in [-0.15, -0.1) is 0 Å². The van der Waals surface area contributed by atoms with Gasteiger partial charge in [-0.2, -0.15) is 5.10 Å². The topological polar surface area (TPSA) is 56.1 Å². The fourth-order valence-electron chi connectivity index (χ4n) is 1.85. The Morgan fingerprint density at radius 2 is 2.20 bits per heavy atom. The summed E-state index contributed by atoms with van der Waals surface area (Å²) in [6, 6.07) is 6.86. The zero-order chi connectivity index (χ0) is 14.7. The van der Waals surface area contributed by atoms with Crippen LogP contribution in [0.1, 0.15) is 21.7 Å². The molecule has 1 N–H and O–H groups in total. The molecule has 0 aliphatic rings. The fraction of sp³-hybridized carbons (Fsp3) is 0.286. The Balaban J connectivity index is 2.10. The Morgan fingerprint density at radius 3 is 2.80 bits per heavy atom. The average molecular weight is 294 g/mol. The van der Waals surface area contributed by atoms with Crippen LogP contribution in [0, 0.1) is 6.92 Å². The minimum atomic E-state index is -0.243. The van der Waals surface area contributed by atoms with Crippen LogP contribution in [0.25, 0.3) is 0 Å². The summed E-state index contributed by atoms with van der Waals surface area (Å²) in [7, 11) is 3.38. The number of halogens is 1. The molecular weight excluding hydrogens is 278 g/mol. The summed E-state index contributed by atoms with van der Waals surface area (Å²) < 4.78 is 6.92. The predicted molar refractivity (Wildman–Crippen MR) is 77.1 cm³/mol. The van der Waals surface area contributed by atoms with Crippen molar-refractivity contribution in [2.45, 2.75) is 13.5 Å². The zero-order valence-electron chi connectivity index (χ0n) is 11.6. The molecule has 1 aromatic heterocycles. The molecule has 6 heteroatoms. The van der Waals surface area contributed by atoms with Crippen molar-refractivity contribution < 1.29 is 9.53 Å². The number of aryl methyl sites for hydroxylation is 2. The second kappa shape index (κ2) is 5.96. The maximum absolute atomic E-state index is 12.2. The van der Waals surface area contributed by atoms with Gasteiger partial charge in [-0.05, 0) is 31.2 Å². The van der Waals surface area contributed by atoms with Crippen molar-refractivity contribution in [3.63, 3.8) is 0 Å². The number of carbonyl (C=O) groups is 1. The van der Waals surface area contributed by atoms with E-state index in [-0.39, 0.29) is 5.91 Å². The van der Waals surface area contributed by atoms with Gasteiger partial charge in [0.05, 0.1) is 24.9 Å². The van der Waals surface area contributed by atoms with E-state index < -0.39 is 0 Å². The number of hydrogen-bond donors (Lipinski definition) is 1. The summed E-state index contributed by atoms with van der Waals surface area (Å²) in [6.45, 7) is 2.31. The number of methoxy groups -OCH3 is 1. The summed E-state index contributed by atoms with van der Waals surface area (Å²) in [5.74, 6) is 0.247. The number of carbonyl (C=O) groups excluding carboxylic acids is 1. The van der Waals surface area contributed by atoms with Crippen molar-refractivity contribution in [2.24, 2.45) is 7.05 Å². The molecule has 0 radical (unpaired) electrons. The highest BCUT2D eigenvalue weighted by atomic mass is 35.5. The average Bonchev–Trinajstić information content (AvgIpc) is 2.75. The molecule has 1 heterocycles. The van der Waals surface area contributed by atoms with E-state index in [2.05, 4.69) is 10.4 Å². The van der Waals surface area contributed by atoms with Crippen LogP contribution in [0.5, 0.6) is 5.75 Å². The molecule has 0 saturated carbocycles. The normalized spacial score (nSPS) is 10.4. The van der Waals surface area contributed by atoms with E-state index in [9.17, 15) is 4.79 Å². The lowest BCUT2D eigenvalue weighted by Crippen LogP contribution is -2.23. The van der Waals surface area contributed by atoms with Gasteiger partial charge in [0, 0.05) is 17.8 Å². The molecule has 1 aromatic carbocycles. The second-order valence-electron chi connectivity index (χ2n) is 4.43. The number of amides is 1. The van der Waals surface area contributed by atoms with Crippen molar-refractivity contribution >= 4 is 17.5 Å². The monoisotopic (exact) mass is 293 g/mol. The Hall–Kier alpha value is -2.01. The smallest absolute Gasteiger partial charge is 0.255 e. The first-order chi connectivity index (χ1) is 9.51. The zero-order valence-corrected chi connectivity index (χ0v) is 12.4. The van der Waals surface area contributed by atoms with Crippen LogP contribution >= 0.6 is 11.6 Å². The van der Waals surface area contributed by atoms with E-state index in [1.54, 1.807) is 22.9 Å². The molecule has 0 bridgehead atoms. The number of nitrogens with one attached hydrogen (secondary N) is 1. The highest BCUT2D eigenvalue weighted by Gasteiger charge is 2.13. The first-order valence-electron chi connectivity index (χ1n) is 6.12. The van der Waals surface area contributed by atoms with Crippen LogP contribution in [0.2, 0.25) is 5.02 Å². The molecule has 0 aliphatic carbocycles. The van der Waals surface area contributed by atoms with E-state index in [0.29, 0.717) is 22.9 Å². The summed E-state index contributed by atoms with van der Waals surface area (Å²) in [4.78, 5) is 12.2. The van der Waals surface area contributed by atoms with E-state index in [4.69, 9.17) is 16.3 Å². The number of nitrogens with zero attached hydrogens (tertiary/aromatic N) is 2. The molecule has 0 saturated heterocycles. The lowest BCUT2D eigenvalue weighted by Gasteiger charge is -2.08. The van der Waals surface area contributed by atoms with E-state index in [1.807, 2.05) is 20.0 Å². The molecule has 0 unspecified atom stereocenters. The standard InChI is InChI=1S/C14H16ClN3O2/c1-9-6-11(17-18(9)2)8-16-14(19)12-7-10(15)4-5-13(12)20-3/h4-7H,8H2,1-3H3,(H,16,19). The van der Waals surface area contributed by atoms with E-state index in [1.165, 1.54) is 7.11 Å². The number of hydrogen-bond acceptors (Lipinski definition) is 3. The van der Waals surface area contributed by atoms with Gasteiger partial charge in [-0.25, -0.2) is 0 Å². The van der Waals surface area contributed by atoms with Gasteiger partial charge in [-0.3, -0.25) is 9.48 Å². The third-order valence-corrected chi connectivity index (χ3v) is 3.24. The Labute approximate surface area is 122 Å². The molecule has 2 rings (SSSR count). The Kier molecular flexibility index (Phi) is 4.29. The van der Waals surface area contributed by atoms with Crippen molar-refractivity contribution in [2.75, 3.05) is 7.11 Å². The summed E-state index contributed by atoms with van der Waals surface area (Å²) in [5, 5.41) is 7.58. The van der Waals surface area contributed by atoms with Gasteiger partial charge in [0.1, 0.15) is 5.75 Å². The molecular formula is C14H16ClN3O2. The van der Waals surface area contributed by atoms with Crippen LogP contribution in [-0.4, -0.2) is 22.8 Å². The highest BCUT2D eigenvalue weighted by molar-refractivity contribution is 6.31. The summed E-state index contributed by atoms with van der Waals surface area (Å²) in [5.41, 5.74) is 2.25. The van der Waals surface area contributed by atoms with Crippen LogP contribution in [0.4, 0.5) is 0 Å². The lowest BCUT2D eigenvalue weighted by molar-refractivity contribution is 0.0947. The number of benzene rings is 1. The van der Waals surface area contributed by atoms with Gasteiger partial charge in [-0.1, -0.05) is 11.6 Å². The van der Waals surface area contributed by atoms with Crippen molar-refractivity contribution in [1.82, 2.24) is 15.1 Å². The molecule has 2 aromatic rings. The van der Waals surface area contributed by atoms with Crippen LogP contribution < -0.4 is 10.1 Å². The quantitative estimate of drug-likeness (QED) is 0.941. The third kappa shape index (κ3) is 3.11. The van der Waals surface area contributed by atoms with Gasteiger partial charge in [0.25, 0.3) is 5.91 Å². The third-order valence-electron chi connectivity index (χ3n) is 3.00. The fourth-order valence-corrected chi connectivity index (χ4v) is 2.02. The summed E-state index contributed by atoms with van der Waals surface area (Å²) in [6.07, 6.45) is 0. The van der Waals surface area contributed by atoms with Gasteiger partial charge in [0.2, 0.25) is 0 Å². The molecule has 5 nitrogen and oxygen atoms in total. The minimum absolute atomic E-state index is 0.243. The van der Waals surface area contributed by atoms with Crippen molar-refractivity contribution in [3.8, 4) is 5.75 Å². The largest absolute Gasteiger partial charge is 0.496 e. The predicted octanol–water partition coefficient (Wildman–Crippen LogP) is 2.32.